The Morgan fingerprint density at radius 2 is 2.17 bits per heavy atom. The first-order chi connectivity index (χ1) is 8.63. The Kier molecular flexibility index (Phi) is 5.45. The molecule has 0 spiro atoms. The average molecular weight is 254 g/mol. The second-order valence-electron chi connectivity index (χ2n) is 3.84. The van der Waals surface area contributed by atoms with Gasteiger partial charge in [0, 0.05) is 5.56 Å². The molecule has 1 unspecified atom stereocenters. The Balaban J connectivity index is 3.03. The van der Waals surface area contributed by atoms with E-state index in [1.54, 1.807) is 18.2 Å². The molecule has 0 saturated carbocycles. The molecule has 0 amide bonds. The molecule has 0 fully saturated rings. The van der Waals surface area contributed by atoms with Crippen LogP contribution in [0.3, 0.4) is 0 Å². The van der Waals surface area contributed by atoms with E-state index in [2.05, 4.69) is 0 Å². The summed E-state index contributed by atoms with van der Waals surface area (Å²) >= 11 is 0. The maximum atomic E-state index is 11.1. The summed E-state index contributed by atoms with van der Waals surface area (Å²) in [4.78, 5) is 11.1. The minimum Gasteiger partial charge on any atom is -0.493 e. The molecule has 0 radical (unpaired) electrons. The van der Waals surface area contributed by atoms with Crippen LogP contribution in [0, 0.1) is 0 Å². The van der Waals surface area contributed by atoms with Crippen molar-refractivity contribution >= 4 is 5.97 Å². The predicted molar refractivity (Wildman–Crippen MR) is 65.9 cm³/mol. The summed E-state index contributed by atoms with van der Waals surface area (Å²) in [5, 5.41) is 18.3. The van der Waals surface area contributed by atoms with Crippen molar-refractivity contribution in [2.75, 3.05) is 7.11 Å². The number of carboxylic acid groups (broad SMARTS) is 1. The van der Waals surface area contributed by atoms with E-state index in [1.165, 1.54) is 7.11 Å². The predicted octanol–water partition coefficient (Wildman–Crippen LogP) is 1.82. The Morgan fingerprint density at radius 1 is 1.44 bits per heavy atom. The third-order valence-electron chi connectivity index (χ3n) is 2.54. The number of para-hydroxylation sites is 1. The Hall–Kier alpha value is -1.75. The van der Waals surface area contributed by atoms with Gasteiger partial charge in [-0.05, 0) is 12.5 Å². The molecule has 0 heterocycles. The normalized spacial score (nSPS) is 11.9. The first-order valence-electron chi connectivity index (χ1n) is 5.80. The van der Waals surface area contributed by atoms with Crippen LogP contribution < -0.4 is 9.47 Å². The van der Waals surface area contributed by atoms with Crippen LogP contribution in [-0.4, -0.2) is 29.4 Å². The molecule has 0 aliphatic rings. The van der Waals surface area contributed by atoms with Crippen molar-refractivity contribution in [2.24, 2.45) is 0 Å². The molecular weight excluding hydrogens is 236 g/mol. The molecule has 2 N–H and O–H groups in total. The standard InChI is InChI=1S/C13H18O5/c1-3-5-11(13(15)16)18-12-9(8-14)6-4-7-10(12)17-2/h4,6-7,11,14H,3,5,8H2,1-2H3,(H,15,16). The van der Waals surface area contributed by atoms with Gasteiger partial charge in [-0.2, -0.15) is 0 Å². The monoisotopic (exact) mass is 254 g/mol. The van der Waals surface area contributed by atoms with E-state index in [4.69, 9.17) is 14.6 Å². The van der Waals surface area contributed by atoms with Crippen molar-refractivity contribution in [3.8, 4) is 11.5 Å². The number of hydrogen-bond donors (Lipinski definition) is 2. The third kappa shape index (κ3) is 3.37. The Morgan fingerprint density at radius 3 is 2.67 bits per heavy atom. The van der Waals surface area contributed by atoms with Crippen LogP contribution in [0.25, 0.3) is 0 Å². The zero-order valence-corrected chi connectivity index (χ0v) is 10.5. The van der Waals surface area contributed by atoms with E-state index >= 15 is 0 Å². The zero-order valence-electron chi connectivity index (χ0n) is 10.5. The second-order valence-corrected chi connectivity index (χ2v) is 3.84. The number of methoxy groups -OCH3 is 1. The van der Waals surface area contributed by atoms with E-state index in [9.17, 15) is 9.90 Å². The molecule has 1 atom stereocenters. The molecule has 1 rings (SSSR count). The van der Waals surface area contributed by atoms with E-state index < -0.39 is 12.1 Å². The summed E-state index contributed by atoms with van der Waals surface area (Å²) in [5.41, 5.74) is 0.511. The molecule has 100 valence electrons. The fourth-order valence-corrected chi connectivity index (χ4v) is 1.62. The summed E-state index contributed by atoms with van der Waals surface area (Å²) < 4.78 is 10.6. The van der Waals surface area contributed by atoms with Crippen LogP contribution in [0.2, 0.25) is 0 Å². The average Bonchev–Trinajstić information content (AvgIpc) is 2.38. The maximum absolute atomic E-state index is 11.1. The molecule has 5 nitrogen and oxygen atoms in total. The van der Waals surface area contributed by atoms with Gasteiger partial charge in [0.1, 0.15) is 0 Å². The van der Waals surface area contributed by atoms with Gasteiger partial charge in [-0.15, -0.1) is 0 Å². The number of aliphatic hydroxyl groups is 1. The molecule has 1 aromatic carbocycles. The van der Waals surface area contributed by atoms with Gasteiger partial charge in [0.2, 0.25) is 0 Å². The van der Waals surface area contributed by atoms with E-state index in [-0.39, 0.29) is 6.61 Å². The molecule has 0 bridgehead atoms. The number of benzene rings is 1. The molecule has 0 saturated heterocycles. The molecule has 0 aliphatic carbocycles. The molecular formula is C13H18O5. The smallest absolute Gasteiger partial charge is 0.344 e. The molecule has 0 aromatic heterocycles. The van der Waals surface area contributed by atoms with Crippen LogP contribution in [0.5, 0.6) is 11.5 Å². The lowest BCUT2D eigenvalue weighted by Crippen LogP contribution is -2.27. The molecule has 0 aliphatic heterocycles. The maximum Gasteiger partial charge on any atom is 0.344 e. The van der Waals surface area contributed by atoms with Crippen molar-refractivity contribution in [1.29, 1.82) is 0 Å². The summed E-state index contributed by atoms with van der Waals surface area (Å²) in [7, 11) is 1.47. The SMILES string of the molecule is CCCC(Oc1c(CO)cccc1OC)C(=O)O. The Labute approximate surface area is 106 Å². The molecule has 5 heteroatoms. The Bertz CT molecular complexity index is 380. The van der Waals surface area contributed by atoms with Gasteiger partial charge in [0.15, 0.2) is 17.6 Å². The lowest BCUT2D eigenvalue weighted by atomic mass is 10.1. The summed E-state index contributed by atoms with van der Waals surface area (Å²) in [6.07, 6.45) is 0.162. The minimum absolute atomic E-state index is 0.231. The number of hydrogen-bond acceptors (Lipinski definition) is 4. The van der Waals surface area contributed by atoms with Crippen LogP contribution >= 0.6 is 0 Å². The number of aliphatic carboxylic acids is 1. The third-order valence-corrected chi connectivity index (χ3v) is 2.54. The fourth-order valence-electron chi connectivity index (χ4n) is 1.62. The van der Waals surface area contributed by atoms with Gasteiger partial charge in [0.25, 0.3) is 0 Å². The number of ether oxygens (including phenoxy) is 2. The topological polar surface area (TPSA) is 76.0 Å². The number of carboxylic acids is 1. The van der Waals surface area contributed by atoms with Crippen molar-refractivity contribution in [3.05, 3.63) is 23.8 Å². The van der Waals surface area contributed by atoms with E-state index in [1.807, 2.05) is 6.92 Å². The summed E-state index contributed by atoms with van der Waals surface area (Å²) in [6.45, 7) is 1.65. The first kappa shape index (κ1) is 14.3. The lowest BCUT2D eigenvalue weighted by Gasteiger charge is -2.18. The van der Waals surface area contributed by atoms with Crippen LogP contribution in [0.15, 0.2) is 18.2 Å². The lowest BCUT2D eigenvalue weighted by molar-refractivity contribution is -0.145. The van der Waals surface area contributed by atoms with Crippen molar-refractivity contribution in [2.45, 2.75) is 32.5 Å². The summed E-state index contributed by atoms with van der Waals surface area (Å²) in [5.74, 6) is -0.307. The highest BCUT2D eigenvalue weighted by Crippen LogP contribution is 2.32. The highest BCUT2D eigenvalue weighted by molar-refractivity contribution is 5.73. The second kappa shape index (κ2) is 6.86. The number of aliphatic hydroxyl groups excluding tert-OH is 1. The van der Waals surface area contributed by atoms with Crippen molar-refractivity contribution < 1.29 is 24.5 Å². The van der Waals surface area contributed by atoms with Gasteiger partial charge in [0.05, 0.1) is 13.7 Å². The largest absolute Gasteiger partial charge is 0.493 e. The van der Waals surface area contributed by atoms with Gasteiger partial charge in [-0.1, -0.05) is 25.5 Å². The fraction of sp³-hybridized carbons (Fsp3) is 0.462. The van der Waals surface area contributed by atoms with Crippen LogP contribution in [0.1, 0.15) is 25.3 Å². The molecule has 1 aromatic rings. The molecule has 18 heavy (non-hydrogen) atoms. The van der Waals surface area contributed by atoms with Crippen LogP contribution in [0.4, 0.5) is 0 Å². The highest BCUT2D eigenvalue weighted by atomic mass is 16.5. The quantitative estimate of drug-likeness (QED) is 0.776. The first-order valence-corrected chi connectivity index (χ1v) is 5.80. The van der Waals surface area contributed by atoms with E-state index in [0.717, 1.165) is 0 Å². The van der Waals surface area contributed by atoms with Gasteiger partial charge < -0.3 is 19.7 Å². The number of carbonyl (C=O) groups is 1. The van der Waals surface area contributed by atoms with Gasteiger partial charge in [-0.25, -0.2) is 4.79 Å². The number of rotatable bonds is 7. The van der Waals surface area contributed by atoms with Gasteiger partial charge in [-0.3, -0.25) is 0 Å². The van der Waals surface area contributed by atoms with Crippen molar-refractivity contribution in [1.82, 2.24) is 0 Å². The summed E-state index contributed by atoms with van der Waals surface area (Å²) in [6, 6.07) is 5.05. The zero-order chi connectivity index (χ0) is 13.5. The van der Waals surface area contributed by atoms with Gasteiger partial charge >= 0.3 is 5.97 Å². The highest BCUT2D eigenvalue weighted by Gasteiger charge is 2.21. The van der Waals surface area contributed by atoms with E-state index in [0.29, 0.717) is 29.9 Å². The van der Waals surface area contributed by atoms with Crippen LogP contribution in [-0.2, 0) is 11.4 Å². The van der Waals surface area contributed by atoms with Crippen molar-refractivity contribution in [3.63, 3.8) is 0 Å². The minimum atomic E-state index is -1.02.